The number of aldehydes is 1. The maximum Gasteiger partial charge on any atom is 0.304 e. The molecule has 30 heavy (non-hydrogen) atoms. The van der Waals surface area contributed by atoms with E-state index < -0.39 is 5.97 Å². The van der Waals surface area contributed by atoms with Gasteiger partial charge in [-0.05, 0) is 25.2 Å². The topological polar surface area (TPSA) is 74.6 Å². The van der Waals surface area contributed by atoms with Gasteiger partial charge in [-0.3, -0.25) is 4.79 Å². The van der Waals surface area contributed by atoms with E-state index in [0.717, 1.165) is 39.1 Å². The van der Waals surface area contributed by atoms with Gasteiger partial charge in [0, 0.05) is 13.0 Å². The minimum absolute atomic E-state index is 0.0523. The number of rotatable bonds is 17. The molecule has 2 unspecified atom stereocenters. The molecular weight excluding hydrogens is 376 g/mol. The van der Waals surface area contributed by atoms with Gasteiger partial charge in [0.15, 0.2) is 0 Å². The third kappa shape index (κ3) is 29.0. The van der Waals surface area contributed by atoms with Crippen molar-refractivity contribution in [2.24, 2.45) is 11.8 Å². The Morgan fingerprint density at radius 3 is 1.70 bits per heavy atom. The van der Waals surface area contributed by atoms with Crippen molar-refractivity contribution in [1.82, 2.24) is 0 Å². The fourth-order valence-electron chi connectivity index (χ4n) is 3.08. The van der Waals surface area contributed by atoms with Gasteiger partial charge in [-0.15, -0.1) is 0 Å². The van der Waals surface area contributed by atoms with Gasteiger partial charge in [0.25, 0.3) is 0 Å². The maximum atomic E-state index is 11.3. The van der Waals surface area contributed by atoms with Crippen LogP contribution in [0.4, 0.5) is 0 Å². The number of hydrogen-bond acceptors (Lipinski definition) is 3. The lowest BCUT2D eigenvalue weighted by Gasteiger charge is -2.18. The number of carboxylic acid groups (broad SMARTS) is 1. The molecule has 0 heterocycles. The second-order valence-electron chi connectivity index (χ2n) is 6.90. The first-order valence-corrected chi connectivity index (χ1v) is 12.4. The third-order valence-corrected chi connectivity index (χ3v) is 4.63. The van der Waals surface area contributed by atoms with Crippen LogP contribution in [0.25, 0.3) is 0 Å². The molecule has 0 saturated heterocycles. The highest BCUT2D eigenvalue weighted by molar-refractivity contribution is 5.72. The molecule has 0 saturated carbocycles. The predicted octanol–water partition coefficient (Wildman–Crippen LogP) is 7.83. The minimum Gasteiger partial charge on any atom is -0.481 e. The van der Waals surface area contributed by atoms with E-state index >= 15 is 0 Å². The lowest BCUT2D eigenvalue weighted by molar-refractivity contribution is -0.139. The monoisotopic (exact) mass is 430 g/mol. The number of unbranched alkanes of at least 4 members (excludes halogenated alkanes) is 9. The molecule has 0 fully saturated rings. The molecule has 0 aromatic carbocycles. The van der Waals surface area contributed by atoms with E-state index in [1.165, 1.54) is 51.4 Å². The smallest absolute Gasteiger partial charge is 0.304 e. The molecule has 4 heteroatoms. The van der Waals surface area contributed by atoms with Crippen molar-refractivity contribution in [3.05, 3.63) is 12.2 Å². The summed E-state index contributed by atoms with van der Waals surface area (Å²) in [6, 6.07) is 0. The van der Waals surface area contributed by atoms with Gasteiger partial charge < -0.3 is 15.0 Å². The van der Waals surface area contributed by atoms with Crippen LogP contribution < -0.4 is 0 Å². The molecule has 0 aromatic rings. The van der Waals surface area contributed by atoms with Crippen LogP contribution in [0, 0.1) is 11.8 Å². The van der Waals surface area contributed by atoms with E-state index in [1.807, 2.05) is 27.7 Å². The van der Waals surface area contributed by atoms with Crippen LogP contribution in [0.2, 0.25) is 0 Å². The van der Waals surface area contributed by atoms with Gasteiger partial charge in [-0.25, -0.2) is 0 Å². The van der Waals surface area contributed by atoms with Gasteiger partial charge in [0.2, 0.25) is 0 Å². The molecule has 2 N–H and O–H groups in total. The lowest BCUT2D eigenvalue weighted by Crippen LogP contribution is -2.18. The number of aliphatic hydroxyl groups excluding tert-OH is 1. The third-order valence-electron chi connectivity index (χ3n) is 4.63. The summed E-state index contributed by atoms with van der Waals surface area (Å²) in [6.07, 6.45) is 19.3. The molecule has 0 bridgehead atoms. The zero-order valence-electron chi connectivity index (χ0n) is 21.3. The van der Waals surface area contributed by atoms with Crippen molar-refractivity contribution in [3.8, 4) is 0 Å². The SMILES string of the molecule is CC.CC.CCCCCCCC/C=C/C(CCCCCC)C(C=O)CC(=O)O.CO. The molecule has 0 aromatic heterocycles. The van der Waals surface area contributed by atoms with Gasteiger partial charge in [0.1, 0.15) is 6.29 Å². The Balaban J connectivity index is -0.000000512. The van der Waals surface area contributed by atoms with Crippen molar-refractivity contribution >= 4 is 12.3 Å². The fraction of sp³-hybridized carbons (Fsp3) is 0.846. The van der Waals surface area contributed by atoms with Gasteiger partial charge in [0.05, 0.1) is 6.42 Å². The largest absolute Gasteiger partial charge is 0.481 e. The van der Waals surface area contributed by atoms with Crippen LogP contribution in [-0.2, 0) is 9.59 Å². The Labute approximate surface area is 188 Å². The van der Waals surface area contributed by atoms with Crippen molar-refractivity contribution < 1.29 is 19.8 Å². The summed E-state index contributed by atoms with van der Waals surface area (Å²) in [5.74, 6) is -1.18. The Morgan fingerprint density at radius 2 is 1.23 bits per heavy atom. The van der Waals surface area contributed by atoms with E-state index in [2.05, 4.69) is 26.0 Å². The Morgan fingerprint density at radius 1 is 0.767 bits per heavy atom. The van der Waals surface area contributed by atoms with E-state index in [4.69, 9.17) is 10.2 Å². The Hall–Kier alpha value is -1.16. The average Bonchev–Trinajstić information content (AvgIpc) is 2.79. The minimum atomic E-state index is -0.880. The molecule has 0 aliphatic rings. The Kier molecular flexibility index (Phi) is 42.6. The zero-order chi connectivity index (χ0) is 24.0. The van der Waals surface area contributed by atoms with Crippen LogP contribution in [-0.4, -0.2) is 29.6 Å². The molecule has 0 spiro atoms. The number of aliphatic carboxylic acids is 1. The molecular formula is C26H54O4. The van der Waals surface area contributed by atoms with Crippen LogP contribution in [0.15, 0.2) is 12.2 Å². The number of carbonyl (C=O) groups is 2. The van der Waals surface area contributed by atoms with E-state index in [-0.39, 0.29) is 18.3 Å². The number of allylic oxidation sites excluding steroid dienone is 2. The summed E-state index contributed by atoms with van der Waals surface area (Å²) in [4.78, 5) is 22.3. The molecule has 0 aliphatic carbocycles. The second kappa shape index (κ2) is 35.3. The first-order valence-electron chi connectivity index (χ1n) is 12.4. The molecule has 2 atom stereocenters. The zero-order valence-corrected chi connectivity index (χ0v) is 21.3. The maximum absolute atomic E-state index is 11.3. The molecule has 0 rings (SSSR count). The summed E-state index contributed by atoms with van der Waals surface area (Å²) >= 11 is 0. The summed E-state index contributed by atoms with van der Waals surface area (Å²) < 4.78 is 0. The number of carbonyl (C=O) groups excluding carboxylic acids is 1. The van der Waals surface area contributed by atoms with Gasteiger partial charge in [-0.1, -0.05) is 111 Å². The predicted molar refractivity (Wildman–Crippen MR) is 132 cm³/mol. The summed E-state index contributed by atoms with van der Waals surface area (Å²) in [7, 11) is 1.00. The lowest BCUT2D eigenvalue weighted by atomic mass is 9.85. The molecule has 0 radical (unpaired) electrons. The summed E-state index contributed by atoms with van der Waals surface area (Å²) in [5.41, 5.74) is 0. The molecule has 182 valence electrons. The van der Waals surface area contributed by atoms with Crippen molar-refractivity contribution in [2.45, 2.75) is 125 Å². The highest BCUT2D eigenvalue weighted by atomic mass is 16.4. The summed E-state index contributed by atoms with van der Waals surface area (Å²) in [5, 5.41) is 16.0. The summed E-state index contributed by atoms with van der Waals surface area (Å²) in [6.45, 7) is 12.4. The normalized spacial score (nSPS) is 11.7. The van der Waals surface area contributed by atoms with Crippen molar-refractivity contribution in [1.29, 1.82) is 0 Å². The molecule has 4 nitrogen and oxygen atoms in total. The van der Waals surface area contributed by atoms with Gasteiger partial charge >= 0.3 is 5.97 Å². The standard InChI is InChI=1S/C21H38O3.2C2H6.CH4O/c1-3-5-7-9-10-11-12-14-16-19(15-13-8-6-4-2)20(18-22)17-21(23)24;3*1-2/h14,16,18-20H,3-13,15,17H2,1-2H3,(H,23,24);2*1-2H3;2H,1H3/b16-14+;;;. The van der Waals surface area contributed by atoms with Crippen LogP contribution in [0.3, 0.4) is 0 Å². The second-order valence-corrected chi connectivity index (χ2v) is 6.90. The van der Waals surface area contributed by atoms with E-state index in [0.29, 0.717) is 0 Å². The number of hydrogen-bond donors (Lipinski definition) is 2. The van der Waals surface area contributed by atoms with Crippen LogP contribution >= 0.6 is 0 Å². The highest BCUT2D eigenvalue weighted by Crippen LogP contribution is 2.23. The fourth-order valence-corrected chi connectivity index (χ4v) is 3.08. The quantitative estimate of drug-likeness (QED) is 0.140. The van der Waals surface area contributed by atoms with Gasteiger partial charge in [-0.2, -0.15) is 0 Å². The first kappa shape index (κ1) is 36.2. The van der Waals surface area contributed by atoms with E-state index in [9.17, 15) is 9.59 Å². The molecule has 0 aliphatic heterocycles. The van der Waals surface area contributed by atoms with Crippen molar-refractivity contribution in [2.75, 3.05) is 7.11 Å². The Bertz CT molecular complexity index is 340. The first-order chi connectivity index (χ1) is 14.7. The number of carboxylic acids is 1. The van der Waals surface area contributed by atoms with E-state index in [1.54, 1.807) is 0 Å². The number of aliphatic hydroxyl groups is 1. The van der Waals surface area contributed by atoms with Crippen LogP contribution in [0.1, 0.15) is 125 Å². The average molecular weight is 431 g/mol. The van der Waals surface area contributed by atoms with Crippen LogP contribution in [0.5, 0.6) is 0 Å². The van der Waals surface area contributed by atoms with Crippen molar-refractivity contribution in [3.63, 3.8) is 0 Å². The highest BCUT2D eigenvalue weighted by Gasteiger charge is 2.21. The molecule has 0 amide bonds.